The van der Waals surface area contributed by atoms with Crippen molar-refractivity contribution in [1.82, 2.24) is 10.3 Å². The van der Waals surface area contributed by atoms with E-state index in [2.05, 4.69) is 52.8 Å². The minimum Gasteiger partial charge on any atom is -0.350 e. The van der Waals surface area contributed by atoms with Crippen LogP contribution in [0.25, 0.3) is 10.8 Å². The molecule has 4 rings (SSSR count). The smallest absolute Gasteiger partial charge is 0.224 e. The molecule has 2 atom stereocenters. The molecule has 23 heavy (non-hydrogen) atoms. The molecule has 0 spiro atoms. The van der Waals surface area contributed by atoms with E-state index in [9.17, 15) is 4.79 Å². The number of rotatable bonds is 4. The van der Waals surface area contributed by atoms with E-state index in [0.29, 0.717) is 12.5 Å². The third-order valence-corrected chi connectivity index (χ3v) is 4.52. The van der Waals surface area contributed by atoms with Gasteiger partial charge in [-0.3, -0.25) is 9.78 Å². The van der Waals surface area contributed by atoms with E-state index < -0.39 is 0 Å². The largest absolute Gasteiger partial charge is 0.350 e. The molecule has 1 heterocycles. The Morgan fingerprint density at radius 1 is 1.04 bits per heavy atom. The normalized spacial score (nSPS) is 19.5. The number of carbonyl (C=O) groups excluding carboxylic acids is 1. The molecule has 114 valence electrons. The molecular formula is C20H18N2O. The molecule has 1 fully saturated rings. The standard InChI is InChI=1S/C20H18N2O/c23-20(22-13-15-8-3-4-11-21-15)19-12-18(19)17-10-5-7-14-6-1-2-9-16(14)17/h1-11,18-19H,12-13H2,(H,22,23). The first-order chi connectivity index (χ1) is 11.3. The van der Waals surface area contributed by atoms with Crippen LogP contribution in [0.1, 0.15) is 23.6 Å². The Labute approximate surface area is 135 Å². The monoisotopic (exact) mass is 302 g/mol. The van der Waals surface area contributed by atoms with E-state index in [0.717, 1.165) is 12.1 Å². The summed E-state index contributed by atoms with van der Waals surface area (Å²) in [7, 11) is 0. The summed E-state index contributed by atoms with van der Waals surface area (Å²) in [6.07, 6.45) is 2.68. The SMILES string of the molecule is O=C(NCc1ccccn1)C1CC1c1cccc2ccccc12. The van der Waals surface area contributed by atoms with Crippen LogP contribution in [0, 0.1) is 5.92 Å². The van der Waals surface area contributed by atoms with Gasteiger partial charge in [0.05, 0.1) is 12.2 Å². The lowest BCUT2D eigenvalue weighted by atomic mass is 10.00. The number of pyridine rings is 1. The minimum absolute atomic E-state index is 0.0875. The maximum Gasteiger partial charge on any atom is 0.224 e. The summed E-state index contributed by atoms with van der Waals surface area (Å²) in [4.78, 5) is 16.6. The average Bonchev–Trinajstić information content (AvgIpc) is 3.41. The number of carbonyl (C=O) groups is 1. The molecule has 1 saturated carbocycles. The van der Waals surface area contributed by atoms with Gasteiger partial charge in [0, 0.05) is 12.1 Å². The third-order valence-electron chi connectivity index (χ3n) is 4.52. The van der Waals surface area contributed by atoms with Crippen molar-refractivity contribution in [2.24, 2.45) is 5.92 Å². The Morgan fingerprint density at radius 3 is 2.74 bits per heavy atom. The zero-order valence-electron chi connectivity index (χ0n) is 12.8. The van der Waals surface area contributed by atoms with Gasteiger partial charge in [0.15, 0.2) is 0 Å². The van der Waals surface area contributed by atoms with Gasteiger partial charge >= 0.3 is 0 Å². The van der Waals surface area contributed by atoms with E-state index in [4.69, 9.17) is 0 Å². The van der Waals surface area contributed by atoms with E-state index >= 15 is 0 Å². The molecule has 1 amide bonds. The molecule has 0 aliphatic heterocycles. The number of fused-ring (bicyclic) bond motifs is 1. The lowest BCUT2D eigenvalue weighted by Crippen LogP contribution is -2.25. The highest BCUT2D eigenvalue weighted by Gasteiger charge is 2.44. The molecule has 1 N–H and O–H groups in total. The number of hydrogen-bond donors (Lipinski definition) is 1. The summed E-state index contributed by atoms with van der Waals surface area (Å²) in [6, 6.07) is 20.5. The number of nitrogens with zero attached hydrogens (tertiary/aromatic N) is 1. The molecule has 0 saturated heterocycles. The zero-order valence-corrected chi connectivity index (χ0v) is 12.8. The van der Waals surface area contributed by atoms with Crippen LogP contribution in [-0.4, -0.2) is 10.9 Å². The third kappa shape index (κ3) is 2.82. The molecule has 0 bridgehead atoms. The number of benzene rings is 2. The molecule has 2 unspecified atom stereocenters. The van der Waals surface area contributed by atoms with Gasteiger partial charge in [0.1, 0.15) is 0 Å². The Morgan fingerprint density at radius 2 is 1.87 bits per heavy atom. The molecule has 1 aromatic heterocycles. The molecule has 3 heteroatoms. The van der Waals surface area contributed by atoms with Crippen LogP contribution < -0.4 is 5.32 Å². The molecule has 1 aliphatic carbocycles. The van der Waals surface area contributed by atoms with Gasteiger partial charge in [-0.05, 0) is 40.8 Å². The molecule has 2 aromatic carbocycles. The second kappa shape index (κ2) is 5.84. The van der Waals surface area contributed by atoms with E-state index in [1.165, 1.54) is 16.3 Å². The van der Waals surface area contributed by atoms with Crippen LogP contribution in [0.4, 0.5) is 0 Å². The predicted octanol–water partition coefficient (Wildman–Crippen LogP) is 3.65. The lowest BCUT2D eigenvalue weighted by Gasteiger charge is -2.07. The van der Waals surface area contributed by atoms with Crippen LogP contribution in [0.5, 0.6) is 0 Å². The van der Waals surface area contributed by atoms with Gasteiger partial charge in [0.2, 0.25) is 5.91 Å². The van der Waals surface area contributed by atoms with Crippen LogP contribution >= 0.6 is 0 Å². The second-order valence-corrected chi connectivity index (χ2v) is 6.06. The molecule has 0 radical (unpaired) electrons. The highest BCUT2D eigenvalue weighted by molar-refractivity contribution is 5.89. The molecule has 3 aromatic rings. The van der Waals surface area contributed by atoms with Crippen LogP contribution in [0.2, 0.25) is 0 Å². The van der Waals surface area contributed by atoms with E-state index in [1.807, 2.05) is 18.2 Å². The predicted molar refractivity (Wildman–Crippen MR) is 90.9 cm³/mol. The van der Waals surface area contributed by atoms with Crippen LogP contribution in [0.3, 0.4) is 0 Å². The Balaban J connectivity index is 1.46. The number of aromatic nitrogens is 1. The second-order valence-electron chi connectivity index (χ2n) is 6.06. The highest BCUT2D eigenvalue weighted by atomic mass is 16.2. The summed E-state index contributed by atoms with van der Waals surface area (Å²) in [5.41, 5.74) is 2.18. The summed E-state index contributed by atoms with van der Waals surface area (Å²) < 4.78 is 0. The summed E-state index contributed by atoms with van der Waals surface area (Å²) in [6.45, 7) is 0.498. The maximum atomic E-state index is 12.4. The van der Waals surface area contributed by atoms with Crippen molar-refractivity contribution in [3.05, 3.63) is 78.1 Å². The fourth-order valence-corrected chi connectivity index (χ4v) is 3.21. The number of amides is 1. The van der Waals surface area contributed by atoms with E-state index in [-0.39, 0.29) is 11.8 Å². The average molecular weight is 302 g/mol. The molecular weight excluding hydrogens is 284 g/mol. The number of nitrogens with one attached hydrogen (secondary N) is 1. The van der Waals surface area contributed by atoms with E-state index in [1.54, 1.807) is 6.20 Å². The topological polar surface area (TPSA) is 42.0 Å². The first-order valence-electron chi connectivity index (χ1n) is 7.98. The minimum atomic E-state index is 0.0875. The van der Waals surface area contributed by atoms with Crippen molar-refractivity contribution in [3.63, 3.8) is 0 Å². The highest BCUT2D eigenvalue weighted by Crippen LogP contribution is 2.49. The van der Waals surface area contributed by atoms with Gasteiger partial charge in [0.25, 0.3) is 0 Å². The number of hydrogen-bond acceptors (Lipinski definition) is 2. The van der Waals surface area contributed by atoms with Gasteiger partial charge in [-0.25, -0.2) is 0 Å². The molecule has 1 aliphatic rings. The summed E-state index contributed by atoms with van der Waals surface area (Å²) in [5, 5.41) is 5.51. The summed E-state index contributed by atoms with van der Waals surface area (Å²) >= 11 is 0. The first kappa shape index (κ1) is 13.9. The van der Waals surface area contributed by atoms with Crippen LogP contribution in [-0.2, 0) is 11.3 Å². The van der Waals surface area contributed by atoms with Crippen molar-refractivity contribution in [2.75, 3.05) is 0 Å². The van der Waals surface area contributed by atoms with Crippen molar-refractivity contribution in [3.8, 4) is 0 Å². The fraction of sp³-hybridized carbons (Fsp3) is 0.200. The van der Waals surface area contributed by atoms with Gasteiger partial charge in [-0.1, -0.05) is 48.5 Å². The summed E-state index contributed by atoms with van der Waals surface area (Å²) in [5.74, 6) is 0.558. The quantitative estimate of drug-likeness (QED) is 0.799. The van der Waals surface area contributed by atoms with Gasteiger partial charge in [-0.15, -0.1) is 0 Å². The zero-order chi connectivity index (χ0) is 15.6. The first-order valence-corrected chi connectivity index (χ1v) is 7.98. The van der Waals surface area contributed by atoms with Gasteiger partial charge < -0.3 is 5.32 Å². The lowest BCUT2D eigenvalue weighted by molar-refractivity contribution is -0.122. The Bertz CT molecular complexity index is 839. The fourth-order valence-electron chi connectivity index (χ4n) is 3.21. The van der Waals surface area contributed by atoms with Crippen molar-refractivity contribution in [2.45, 2.75) is 18.9 Å². The van der Waals surface area contributed by atoms with Crippen molar-refractivity contribution in [1.29, 1.82) is 0 Å². The maximum absolute atomic E-state index is 12.4. The van der Waals surface area contributed by atoms with Crippen molar-refractivity contribution >= 4 is 16.7 Å². The van der Waals surface area contributed by atoms with Crippen molar-refractivity contribution < 1.29 is 4.79 Å². The molecule has 3 nitrogen and oxygen atoms in total. The van der Waals surface area contributed by atoms with Crippen LogP contribution in [0.15, 0.2) is 66.9 Å². The van der Waals surface area contributed by atoms with Gasteiger partial charge in [-0.2, -0.15) is 0 Å². The Kier molecular flexibility index (Phi) is 3.54. The Hall–Kier alpha value is -2.68.